The SMILES string of the molecule is O=C(Cc1cccs1)Nc1ccc(CCOc2ccccc2-c2c[nH]cn2)cc1. The Hall–Kier alpha value is -3.38. The van der Waals surface area contributed by atoms with E-state index in [1.54, 1.807) is 17.7 Å². The lowest BCUT2D eigenvalue weighted by molar-refractivity contribution is -0.115. The minimum absolute atomic E-state index is 0.00138. The van der Waals surface area contributed by atoms with Crippen molar-refractivity contribution in [3.05, 3.63) is 89.0 Å². The van der Waals surface area contributed by atoms with Gasteiger partial charge < -0.3 is 15.0 Å². The summed E-state index contributed by atoms with van der Waals surface area (Å²) in [6.45, 7) is 0.561. The van der Waals surface area contributed by atoms with Crippen molar-refractivity contribution in [2.45, 2.75) is 12.8 Å². The van der Waals surface area contributed by atoms with Gasteiger partial charge in [-0.05, 0) is 41.3 Å². The van der Waals surface area contributed by atoms with Gasteiger partial charge >= 0.3 is 0 Å². The third kappa shape index (κ3) is 5.12. The number of carbonyl (C=O) groups excluding carboxylic acids is 1. The van der Waals surface area contributed by atoms with Crippen LogP contribution in [0.1, 0.15) is 10.4 Å². The smallest absolute Gasteiger partial charge is 0.229 e. The van der Waals surface area contributed by atoms with E-state index >= 15 is 0 Å². The van der Waals surface area contributed by atoms with Gasteiger partial charge in [-0.15, -0.1) is 11.3 Å². The summed E-state index contributed by atoms with van der Waals surface area (Å²) in [5, 5.41) is 4.92. The van der Waals surface area contributed by atoms with E-state index < -0.39 is 0 Å². The van der Waals surface area contributed by atoms with Crippen molar-refractivity contribution in [3.63, 3.8) is 0 Å². The first-order chi connectivity index (χ1) is 14.3. The molecule has 0 atom stereocenters. The fourth-order valence-corrected chi connectivity index (χ4v) is 3.73. The van der Waals surface area contributed by atoms with Gasteiger partial charge in [-0.25, -0.2) is 4.98 Å². The molecule has 2 N–H and O–H groups in total. The molecule has 2 aromatic carbocycles. The second-order valence-corrected chi connectivity index (χ2v) is 7.58. The Balaban J connectivity index is 1.29. The molecule has 0 aliphatic carbocycles. The molecule has 146 valence electrons. The molecule has 0 aliphatic rings. The van der Waals surface area contributed by atoms with Crippen LogP contribution in [0.3, 0.4) is 0 Å². The number of hydrogen-bond donors (Lipinski definition) is 2. The highest BCUT2D eigenvalue weighted by Crippen LogP contribution is 2.28. The number of rotatable bonds is 8. The maximum atomic E-state index is 12.1. The van der Waals surface area contributed by atoms with Gasteiger partial charge in [0.25, 0.3) is 0 Å². The molecule has 6 heteroatoms. The predicted octanol–water partition coefficient (Wildman–Crippen LogP) is 4.94. The molecular weight excluding hydrogens is 382 g/mol. The number of hydrogen-bond acceptors (Lipinski definition) is 4. The predicted molar refractivity (Wildman–Crippen MR) is 116 cm³/mol. The first-order valence-corrected chi connectivity index (χ1v) is 10.3. The summed E-state index contributed by atoms with van der Waals surface area (Å²) in [6.07, 6.45) is 4.70. The van der Waals surface area contributed by atoms with Crippen molar-refractivity contribution < 1.29 is 9.53 Å². The lowest BCUT2D eigenvalue weighted by Gasteiger charge is -2.10. The zero-order valence-corrected chi connectivity index (χ0v) is 16.6. The van der Waals surface area contributed by atoms with Crippen molar-refractivity contribution in [2.24, 2.45) is 0 Å². The maximum Gasteiger partial charge on any atom is 0.229 e. The van der Waals surface area contributed by atoms with Crippen LogP contribution < -0.4 is 10.1 Å². The fraction of sp³-hybridized carbons (Fsp3) is 0.130. The van der Waals surface area contributed by atoms with E-state index in [9.17, 15) is 4.79 Å². The van der Waals surface area contributed by atoms with E-state index in [1.165, 1.54) is 0 Å². The van der Waals surface area contributed by atoms with Crippen LogP contribution in [0.4, 0.5) is 5.69 Å². The third-order valence-electron chi connectivity index (χ3n) is 4.46. The Morgan fingerprint density at radius 2 is 1.93 bits per heavy atom. The lowest BCUT2D eigenvalue weighted by Crippen LogP contribution is -2.13. The fourth-order valence-electron chi connectivity index (χ4n) is 3.02. The van der Waals surface area contributed by atoms with Crippen molar-refractivity contribution in [1.29, 1.82) is 0 Å². The summed E-state index contributed by atoms with van der Waals surface area (Å²) < 4.78 is 6.00. The van der Waals surface area contributed by atoms with Crippen molar-refractivity contribution in [2.75, 3.05) is 11.9 Å². The Kier molecular flexibility index (Phi) is 6.02. The van der Waals surface area contributed by atoms with Gasteiger partial charge in [-0.1, -0.05) is 30.3 Å². The minimum atomic E-state index is -0.00138. The van der Waals surface area contributed by atoms with E-state index in [0.717, 1.165) is 39.6 Å². The number of H-pyrrole nitrogens is 1. The topological polar surface area (TPSA) is 67.0 Å². The number of aromatic nitrogens is 2. The summed E-state index contributed by atoms with van der Waals surface area (Å²) >= 11 is 1.59. The van der Waals surface area contributed by atoms with Crippen LogP contribution in [0.2, 0.25) is 0 Å². The standard InChI is InChI=1S/C23H21N3O2S/c27-23(14-19-4-3-13-29-19)26-18-9-7-17(8-10-18)11-12-28-22-6-2-1-5-20(22)21-15-24-16-25-21/h1-10,13,15-16H,11-12,14H2,(H,24,25)(H,26,27). The second-order valence-electron chi connectivity index (χ2n) is 6.55. The van der Waals surface area contributed by atoms with Crippen LogP contribution in [0.25, 0.3) is 11.3 Å². The quantitative estimate of drug-likeness (QED) is 0.438. The first-order valence-electron chi connectivity index (χ1n) is 9.40. The Morgan fingerprint density at radius 3 is 2.69 bits per heavy atom. The highest BCUT2D eigenvalue weighted by molar-refractivity contribution is 7.10. The molecule has 0 saturated heterocycles. The van der Waals surface area contributed by atoms with Crippen LogP contribution in [-0.2, 0) is 17.6 Å². The number of thiophene rings is 1. The molecule has 29 heavy (non-hydrogen) atoms. The van der Waals surface area contributed by atoms with E-state index in [2.05, 4.69) is 15.3 Å². The van der Waals surface area contributed by atoms with Crippen molar-refractivity contribution in [3.8, 4) is 17.0 Å². The number of amides is 1. The molecule has 2 aromatic heterocycles. The zero-order chi connectivity index (χ0) is 19.9. The van der Waals surface area contributed by atoms with Gasteiger partial charge in [-0.2, -0.15) is 0 Å². The summed E-state index contributed by atoms with van der Waals surface area (Å²) in [5.74, 6) is 0.815. The minimum Gasteiger partial charge on any atom is -0.493 e. The molecule has 1 amide bonds. The molecule has 4 rings (SSSR count). The van der Waals surface area contributed by atoms with Crippen molar-refractivity contribution in [1.82, 2.24) is 9.97 Å². The molecule has 5 nitrogen and oxygen atoms in total. The normalized spacial score (nSPS) is 10.6. The molecule has 0 unspecified atom stereocenters. The largest absolute Gasteiger partial charge is 0.493 e. The van der Waals surface area contributed by atoms with Crippen LogP contribution in [0, 0.1) is 0 Å². The van der Waals surface area contributed by atoms with Gasteiger partial charge in [0, 0.05) is 28.7 Å². The monoisotopic (exact) mass is 403 g/mol. The van der Waals surface area contributed by atoms with Gasteiger partial charge in [0.2, 0.25) is 5.91 Å². The van der Waals surface area contributed by atoms with Gasteiger partial charge in [0.05, 0.1) is 25.0 Å². The van der Waals surface area contributed by atoms with E-state index in [0.29, 0.717) is 13.0 Å². The third-order valence-corrected chi connectivity index (χ3v) is 5.34. The van der Waals surface area contributed by atoms with E-state index in [4.69, 9.17) is 4.74 Å². The molecule has 2 heterocycles. The van der Waals surface area contributed by atoms with Crippen LogP contribution in [-0.4, -0.2) is 22.5 Å². The molecule has 0 fully saturated rings. The molecule has 0 saturated carbocycles. The number of aromatic amines is 1. The number of benzene rings is 2. The Morgan fingerprint density at radius 1 is 1.07 bits per heavy atom. The lowest BCUT2D eigenvalue weighted by atomic mass is 10.1. The molecule has 0 bridgehead atoms. The first kappa shape index (κ1) is 19.0. The molecule has 0 spiro atoms. The zero-order valence-electron chi connectivity index (χ0n) is 15.8. The van der Waals surface area contributed by atoms with Gasteiger partial charge in [-0.3, -0.25) is 4.79 Å². The maximum absolute atomic E-state index is 12.1. The second kappa shape index (κ2) is 9.21. The summed E-state index contributed by atoms with van der Waals surface area (Å²) in [6, 6.07) is 19.7. The number of anilines is 1. The number of carbonyl (C=O) groups is 1. The summed E-state index contributed by atoms with van der Waals surface area (Å²) in [7, 11) is 0. The summed E-state index contributed by atoms with van der Waals surface area (Å²) in [5.41, 5.74) is 3.79. The van der Waals surface area contributed by atoms with Gasteiger partial charge in [0.15, 0.2) is 0 Å². The number of nitrogens with one attached hydrogen (secondary N) is 2. The highest BCUT2D eigenvalue weighted by atomic mass is 32.1. The molecule has 0 radical (unpaired) electrons. The van der Waals surface area contributed by atoms with Crippen LogP contribution in [0.5, 0.6) is 5.75 Å². The number of ether oxygens (including phenoxy) is 1. The Bertz CT molecular complexity index is 1040. The van der Waals surface area contributed by atoms with E-state index in [1.807, 2.05) is 72.2 Å². The number of para-hydroxylation sites is 1. The molecule has 4 aromatic rings. The van der Waals surface area contributed by atoms with Crippen molar-refractivity contribution >= 4 is 22.9 Å². The number of nitrogens with zero attached hydrogens (tertiary/aromatic N) is 1. The van der Waals surface area contributed by atoms with Gasteiger partial charge in [0.1, 0.15) is 5.75 Å². The average Bonchev–Trinajstić information content (AvgIpc) is 3.44. The van der Waals surface area contributed by atoms with Crippen LogP contribution >= 0.6 is 11.3 Å². The molecular formula is C23H21N3O2S. The summed E-state index contributed by atoms with van der Waals surface area (Å²) in [4.78, 5) is 20.4. The van der Waals surface area contributed by atoms with Crippen LogP contribution in [0.15, 0.2) is 78.6 Å². The molecule has 0 aliphatic heterocycles. The Labute approximate surface area is 173 Å². The average molecular weight is 404 g/mol. The highest BCUT2D eigenvalue weighted by Gasteiger charge is 2.08. The number of imidazole rings is 1. The van der Waals surface area contributed by atoms with E-state index in [-0.39, 0.29) is 5.91 Å².